The van der Waals surface area contributed by atoms with Crippen LogP contribution >= 0.6 is 0 Å². The molecule has 1 atom stereocenters. The number of ether oxygens (including phenoxy) is 1. The summed E-state index contributed by atoms with van der Waals surface area (Å²) in [5.41, 5.74) is 2.75. The SMILES string of the molecule is CCCCOc1ccc2c(c1)CN(C)CC[C@@]21C=CC(=O)CC1. The molecule has 2 aliphatic rings. The Bertz CT molecular complexity index is 608. The average molecular weight is 313 g/mol. The van der Waals surface area contributed by atoms with Crippen LogP contribution in [0.2, 0.25) is 0 Å². The van der Waals surface area contributed by atoms with Gasteiger partial charge < -0.3 is 9.64 Å². The minimum absolute atomic E-state index is 0.0238. The van der Waals surface area contributed by atoms with Gasteiger partial charge in [0.05, 0.1) is 6.61 Å². The highest BCUT2D eigenvalue weighted by Crippen LogP contribution is 2.42. The molecule has 0 aromatic heterocycles. The van der Waals surface area contributed by atoms with Crippen LogP contribution in [0.1, 0.15) is 50.2 Å². The van der Waals surface area contributed by atoms with Crippen molar-refractivity contribution in [1.82, 2.24) is 4.90 Å². The lowest BCUT2D eigenvalue weighted by atomic mass is 9.70. The number of carbonyl (C=O) groups is 1. The zero-order chi connectivity index (χ0) is 16.3. The summed E-state index contributed by atoms with van der Waals surface area (Å²) in [4.78, 5) is 14.0. The Morgan fingerprint density at radius 2 is 2.17 bits per heavy atom. The second-order valence-electron chi connectivity index (χ2n) is 6.96. The van der Waals surface area contributed by atoms with Gasteiger partial charge in [-0.05, 0) is 62.2 Å². The summed E-state index contributed by atoms with van der Waals surface area (Å²) in [7, 11) is 2.17. The second kappa shape index (κ2) is 6.88. The maximum absolute atomic E-state index is 11.6. The molecule has 0 bridgehead atoms. The fraction of sp³-hybridized carbons (Fsp3) is 0.550. The topological polar surface area (TPSA) is 29.5 Å². The van der Waals surface area contributed by atoms with Crippen molar-refractivity contribution in [2.75, 3.05) is 20.2 Å². The van der Waals surface area contributed by atoms with Crippen LogP contribution in [0.4, 0.5) is 0 Å². The fourth-order valence-electron chi connectivity index (χ4n) is 3.70. The molecule has 3 heteroatoms. The lowest BCUT2D eigenvalue weighted by Gasteiger charge is -2.33. The fourth-order valence-corrected chi connectivity index (χ4v) is 3.70. The van der Waals surface area contributed by atoms with Crippen molar-refractivity contribution in [2.45, 2.75) is 51.0 Å². The molecular weight excluding hydrogens is 286 g/mol. The first-order valence-electron chi connectivity index (χ1n) is 8.80. The monoisotopic (exact) mass is 313 g/mol. The Kier molecular flexibility index (Phi) is 4.86. The predicted molar refractivity (Wildman–Crippen MR) is 92.9 cm³/mol. The largest absolute Gasteiger partial charge is 0.494 e. The number of ketones is 1. The van der Waals surface area contributed by atoms with Gasteiger partial charge in [0.2, 0.25) is 0 Å². The minimum atomic E-state index is 0.0238. The third-order valence-electron chi connectivity index (χ3n) is 5.17. The molecule has 1 aliphatic carbocycles. The lowest BCUT2D eigenvalue weighted by Crippen LogP contribution is -2.30. The van der Waals surface area contributed by atoms with E-state index in [1.165, 1.54) is 11.1 Å². The predicted octanol–water partition coefficient (Wildman–Crippen LogP) is 3.86. The molecule has 1 spiro atoms. The van der Waals surface area contributed by atoms with E-state index in [0.717, 1.165) is 51.1 Å². The highest BCUT2D eigenvalue weighted by molar-refractivity contribution is 5.91. The standard InChI is InChI=1S/C20H27NO2/c1-3-4-13-23-18-5-6-19-16(14-18)15-21(2)12-11-20(19)9-7-17(22)8-10-20/h5-7,9,14H,3-4,8,10-13,15H2,1-2H3/t20-/m0/s1. The maximum Gasteiger partial charge on any atom is 0.155 e. The number of hydrogen-bond donors (Lipinski definition) is 0. The molecule has 0 radical (unpaired) electrons. The molecule has 23 heavy (non-hydrogen) atoms. The van der Waals surface area contributed by atoms with Gasteiger partial charge in [-0.15, -0.1) is 0 Å². The lowest BCUT2D eigenvalue weighted by molar-refractivity contribution is -0.115. The molecule has 0 saturated heterocycles. The Morgan fingerprint density at radius 3 is 2.91 bits per heavy atom. The van der Waals surface area contributed by atoms with Crippen LogP contribution in [0, 0.1) is 0 Å². The van der Waals surface area contributed by atoms with E-state index in [1.807, 2.05) is 0 Å². The van der Waals surface area contributed by atoms with E-state index >= 15 is 0 Å². The smallest absolute Gasteiger partial charge is 0.155 e. The summed E-state index contributed by atoms with van der Waals surface area (Å²) >= 11 is 0. The summed E-state index contributed by atoms with van der Waals surface area (Å²) in [6, 6.07) is 6.54. The van der Waals surface area contributed by atoms with E-state index in [4.69, 9.17) is 4.74 Å². The van der Waals surface area contributed by atoms with Gasteiger partial charge in [0.1, 0.15) is 5.75 Å². The van der Waals surface area contributed by atoms with E-state index in [1.54, 1.807) is 6.08 Å². The zero-order valence-corrected chi connectivity index (χ0v) is 14.3. The van der Waals surface area contributed by atoms with Crippen molar-refractivity contribution in [3.8, 4) is 5.75 Å². The van der Waals surface area contributed by atoms with Gasteiger partial charge in [-0.1, -0.05) is 25.5 Å². The molecule has 1 aromatic carbocycles. The first-order chi connectivity index (χ1) is 11.1. The van der Waals surface area contributed by atoms with E-state index in [2.05, 4.69) is 43.1 Å². The van der Waals surface area contributed by atoms with Gasteiger partial charge in [-0.25, -0.2) is 0 Å². The van der Waals surface area contributed by atoms with E-state index < -0.39 is 0 Å². The number of rotatable bonds is 4. The van der Waals surface area contributed by atoms with Crippen molar-refractivity contribution in [3.63, 3.8) is 0 Å². The molecule has 0 saturated carbocycles. The Hall–Kier alpha value is -1.61. The number of carbonyl (C=O) groups excluding carboxylic acids is 1. The van der Waals surface area contributed by atoms with E-state index in [-0.39, 0.29) is 11.2 Å². The quantitative estimate of drug-likeness (QED) is 0.791. The normalized spacial score (nSPS) is 24.5. The minimum Gasteiger partial charge on any atom is -0.494 e. The van der Waals surface area contributed by atoms with Crippen LogP contribution < -0.4 is 4.74 Å². The Balaban J connectivity index is 1.93. The summed E-state index contributed by atoms with van der Waals surface area (Å²) in [6.07, 6.45) is 8.87. The summed E-state index contributed by atoms with van der Waals surface area (Å²) in [5, 5.41) is 0. The summed E-state index contributed by atoms with van der Waals surface area (Å²) in [6.45, 7) is 4.96. The van der Waals surface area contributed by atoms with Gasteiger partial charge in [0.25, 0.3) is 0 Å². The average Bonchev–Trinajstić information content (AvgIpc) is 2.68. The first-order valence-corrected chi connectivity index (χ1v) is 8.80. The van der Waals surface area contributed by atoms with Crippen LogP contribution in [-0.4, -0.2) is 30.9 Å². The van der Waals surface area contributed by atoms with Gasteiger partial charge in [-0.3, -0.25) is 4.79 Å². The van der Waals surface area contributed by atoms with Gasteiger partial charge >= 0.3 is 0 Å². The van der Waals surface area contributed by atoms with Crippen molar-refractivity contribution < 1.29 is 9.53 Å². The van der Waals surface area contributed by atoms with Crippen LogP contribution in [0.15, 0.2) is 30.4 Å². The molecule has 0 fully saturated rings. The van der Waals surface area contributed by atoms with E-state index in [0.29, 0.717) is 6.42 Å². The van der Waals surface area contributed by atoms with Gasteiger partial charge in [0.15, 0.2) is 5.78 Å². The molecule has 1 heterocycles. The van der Waals surface area contributed by atoms with Crippen molar-refractivity contribution in [2.24, 2.45) is 0 Å². The third-order valence-corrected chi connectivity index (χ3v) is 5.17. The maximum atomic E-state index is 11.6. The molecule has 1 aromatic rings. The number of hydrogen-bond acceptors (Lipinski definition) is 3. The van der Waals surface area contributed by atoms with Crippen LogP contribution in [0.25, 0.3) is 0 Å². The van der Waals surface area contributed by atoms with Crippen molar-refractivity contribution in [3.05, 3.63) is 41.5 Å². The number of unbranched alkanes of at least 4 members (excludes halogenated alkanes) is 1. The summed E-state index contributed by atoms with van der Waals surface area (Å²) < 4.78 is 5.89. The number of allylic oxidation sites excluding steroid dienone is 2. The molecule has 1 aliphatic heterocycles. The molecule has 124 valence electrons. The number of nitrogens with zero attached hydrogens (tertiary/aromatic N) is 1. The molecule has 0 N–H and O–H groups in total. The van der Waals surface area contributed by atoms with Crippen LogP contribution in [0.5, 0.6) is 5.75 Å². The van der Waals surface area contributed by atoms with Crippen LogP contribution in [0.3, 0.4) is 0 Å². The summed E-state index contributed by atoms with van der Waals surface area (Å²) in [5.74, 6) is 1.23. The highest BCUT2D eigenvalue weighted by Gasteiger charge is 2.36. The van der Waals surface area contributed by atoms with Gasteiger partial charge in [-0.2, -0.15) is 0 Å². The van der Waals surface area contributed by atoms with Gasteiger partial charge in [0, 0.05) is 18.4 Å². The molecule has 0 unspecified atom stereocenters. The van der Waals surface area contributed by atoms with E-state index in [9.17, 15) is 4.79 Å². The number of fused-ring (bicyclic) bond motifs is 2. The molecule has 3 rings (SSSR count). The Morgan fingerprint density at radius 1 is 1.30 bits per heavy atom. The number of benzene rings is 1. The van der Waals surface area contributed by atoms with Crippen molar-refractivity contribution >= 4 is 5.78 Å². The first kappa shape index (κ1) is 16.3. The Labute approximate surface area is 139 Å². The molecular formula is C20H27NO2. The molecule has 3 nitrogen and oxygen atoms in total. The van der Waals surface area contributed by atoms with Crippen molar-refractivity contribution in [1.29, 1.82) is 0 Å². The molecule has 0 amide bonds. The third kappa shape index (κ3) is 3.50. The second-order valence-corrected chi connectivity index (χ2v) is 6.96. The highest BCUT2D eigenvalue weighted by atomic mass is 16.5. The van der Waals surface area contributed by atoms with Crippen LogP contribution in [-0.2, 0) is 16.8 Å². The zero-order valence-electron chi connectivity index (χ0n) is 14.3.